The van der Waals surface area contributed by atoms with Crippen LogP contribution in [0, 0.1) is 11.6 Å². The number of hydrogen-bond acceptors (Lipinski definition) is 2. The van der Waals surface area contributed by atoms with Crippen molar-refractivity contribution in [1.82, 2.24) is 0 Å². The molecule has 15 heavy (non-hydrogen) atoms. The second-order valence-corrected chi connectivity index (χ2v) is 3.69. The molecule has 1 aromatic rings. The van der Waals surface area contributed by atoms with E-state index in [0.29, 0.717) is 0 Å². The van der Waals surface area contributed by atoms with E-state index in [1.54, 1.807) is 0 Å². The van der Waals surface area contributed by atoms with Gasteiger partial charge < -0.3 is 10.2 Å². The lowest BCUT2D eigenvalue weighted by Crippen LogP contribution is -2.21. The maximum atomic E-state index is 13.2. The van der Waals surface area contributed by atoms with Gasteiger partial charge in [0, 0.05) is 5.02 Å². The molecular weight excluding hydrogens is 249 g/mol. The number of rotatable bonds is 3. The van der Waals surface area contributed by atoms with Crippen molar-refractivity contribution in [1.29, 1.82) is 0 Å². The van der Waals surface area contributed by atoms with Gasteiger partial charge >= 0.3 is 0 Å². The summed E-state index contributed by atoms with van der Waals surface area (Å²) in [6.45, 7) is 0. The Morgan fingerprint density at radius 3 is 2.07 bits per heavy atom. The molecule has 2 unspecified atom stereocenters. The summed E-state index contributed by atoms with van der Waals surface area (Å²) >= 11 is 10.6. The molecule has 0 amide bonds. The van der Waals surface area contributed by atoms with Crippen molar-refractivity contribution < 1.29 is 19.0 Å². The minimum absolute atomic E-state index is 0.124. The Bertz CT molecular complexity index is 337. The highest BCUT2D eigenvalue weighted by molar-refractivity contribution is 6.30. The molecule has 0 saturated heterocycles. The standard InChI is InChI=1S/C9H8Cl2F2O2/c10-3-7(14)9(15)8-5(12)1-4(11)2-6(8)13/h1-2,7,9,14-15H,3H2. The van der Waals surface area contributed by atoms with Gasteiger partial charge in [0.15, 0.2) is 0 Å². The molecule has 0 saturated carbocycles. The van der Waals surface area contributed by atoms with Crippen molar-refractivity contribution in [2.45, 2.75) is 12.2 Å². The van der Waals surface area contributed by atoms with Crippen LogP contribution in [0.2, 0.25) is 5.02 Å². The predicted molar refractivity (Wildman–Crippen MR) is 53.1 cm³/mol. The average molecular weight is 257 g/mol. The second kappa shape index (κ2) is 5.07. The largest absolute Gasteiger partial charge is 0.389 e. The molecule has 0 bridgehead atoms. The molecule has 6 heteroatoms. The topological polar surface area (TPSA) is 40.5 Å². The lowest BCUT2D eigenvalue weighted by molar-refractivity contribution is 0.0280. The van der Waals surface area contributed by atoms with Gasteiger partial charge in [-0.3, -0.25) is 0 Å². The van der Waals surface area contributed by atoms with Crippen LogP contribution in [0.25, 0.3) is 0 Å². The molecular formula is C9H8Cl2F2O2. The van der Waals surface area contributed by atoms with Gasteiger partial charge in [-0.15, -0.1) is 11.6 Å². The molecule has 1 aromatic carbocycles. The normalized spacial score (nSPS) is 15.1. The van der Waals surface area contributed by atoms with Crippen LogP contribution >= 0.6 is 23.2 Å². The fraction of sp³-hybridized carbons (Fsp3) is 0.333. The minimum Gasteiger partial charge on any atom is -0.389 e. The average Bonchev–Trinajstić information content (AvgIpc) is 2.14. The lowest BCUT2D eigenvalue weighted by Gasteiger charge is -2.17. The molecule has 0 aliphatic heterocycles. The van der Waals surface area contributed by atoms with Crippen molar-refractivity contribution in [2.24, 2.45) is 0 Å². The van der Waals surface area contributed by atoms with Crippen molar-refractivity contribution in [3.63, 3.8) is 0 Å². The highest BCUT2D eigenvalue weighted by Crippen LogP contribution is 2.26. The molecule has 2 nitrogen and oxygen atoms in total. The van der Waals surface area contributed by atoms with E-state index in [2.05, 4.69) is 0 Å². The van der Waals surface area contributed by atoms with Gasteiger partial charge in [0.25, 0.3) is 0 Å². The van der Waals surface area contributed by atoms with Gasteiger partial charge in [0.1, 0.15) is 17.7 Å². The summed E-state index contributed by atoms with van der Waals surface area (Å²) in [5.41, 5.74) is -0.632. The monoisotopic (exact) mass is 256 g/mol. The zero-order chi connectivity index (χ0) is 11.6. The Morgan fingerprint density at radius 2 is 1.67 bits per heavy atom. The van der Waals surface area contributed by atoms with E-state index in [4.69, 9.17) is 28.3 Å². The van der Waals surface area contributed by atoms with Gasteiger partial charge in [-0.05, 0) is 12.1 Å². The third-order valence-corrected chi connectivity index (χ3v) is 2.40. The van der Waals surface area contributed by atoms with Crippen LogP contribution < -0.4 is 0 Å². The first-order valence-corrected chi connectivity index (χ1v) is 4.95. The van der Waals surface area contributed by atoms with Crippen LogP contribution in [0.5, 0.6) is 0 Å². The maximum absolute atomic E-state index is 13.2. The van der Waals surface area contributed by atoms with E-state index in [9.17, 15) is 13.9 Å². The SMILES string of the molecule is OC(CCl)C(O)c1c(F)cc(Cl)cc1F. The minimum atomic E-state index is -1.71. The molecule has 1 rings (SSSR count). The highest BCUT2D eigenvalue weighted by atomic mass is 35.5. The second-order valence-electron chi connectivity index (χ2n) is 2.95. The molecule has 0 fully saturated rings. The highest BCUT2D eigenvalue weighted by Gasteiger charge is 2.24. The molecule has 2 atom stereocenters. The predicted octanol–water partition coefficient (Wildman–Crippen LogP) is 2.25. The van der Waals surface area contributed by atoms with Gasteiger partial charge in [0.05, 0.1) is 17.5 Å². The number of alkyl halides is 1. The van der Waals surface area contributed by atoms with Crippen molar-refractivity contribution in [3.8, 4) is 0 Å². The summed E-state index contributed by atoms with van der Waals surface area (Å²) in [6.07, 6.45) is -3.14. The number of aliphatic hydroxyl groups is 2. The first kappa shape index (κ1) is 12.6. The number of halogens is 4. The van der Waals surface area contributed by atoms with E-state index in [1.807, 2.05) is 0 Å². The van der Waals surface area contributed by atoms with Crippen LogP contribution in [0.3, 0.4) is 0 Å². The van der Waals surface area contributed by atoms with Crippen LogP contribution in [-0.2, 0) is 0 Å². The van der Waals surface area contributed by atoms with Crippen molar-refractivity contribution in [2.75, 3.05) is 5.88 Å². The van der Waals surface area contributed by atoms with Crippen LogP contribution in [-0.4, -0.2) is 22.2 Å². The number of aliphatic hydroxyl groups excluding tert-OH is 2. The fourth-order valence-electron chi connectivity index (χ4n) is 1.11. The Balaban J connectivity index is 3.13. The van der Waals surface area contributed by atoms with Crippen LogP contribution in [0.1, 0.15) is 11.7 Å². The maximum Gasteiger partial charge on any atom is 0.133 e. The van der Waals surface area contributed by atoms with E-state index < -0.39 is 29.4 Å². The summed E-state index contributed by atoms with van der Waals surface area (Å²) in [4.78, 5) is 0. The Kier molecular flexibility index (Phi) is 4.28. The zero-order valence-electron chi connectivity index (χ0n) is 7.42. The van der Waals surface area contributed by atoms with Gasteiger partial charge in [0.2, 0.25) is 0 Å². The zero-order valence-corrected chi connectivity index (χ0v) is 8.93. The molecule has 0 aromatic heterocycles. The van der Waals surface area contributed by atoms with E-state index in [0.717, 1.165) is 12.1 Å². The third kappa shape index (κ3) is 2.78. The third-order valence-electron chi connectivity index (χ3n) is 1.86. The number of benzene rings is 1. The fourth-order valence-corrected chi connectivity index (χ4v) is 1.47. The molecule has 84 valence electrons. The summed E-state index contributed by atoms with van der Waals surface area (Å²) in [5, 5.41) is 18.4. The van der Waals surface area contributed by atoms with E-state index in [-0.39, 0.29) is 10.9 Å². The number of hydrogen-bond donors (Lipinski definition) is 2. The summed E-state index contributed by atoms with van der Waals surface area (Å²) < 4.78 is 26.4. The first-order valence-electron chi connectivity index (χ1n) is 4.04. The van der Waals surface area contributed by atoms with E-state index >= 15 is 0 Å². The van der Waals surface area contributed by atoms with Crippen molar-refractivity contribution in [3.05, 3.63) is 34.4 Å². The van der Waals surface area contributed by atoms with Gasteiger partial charge in [-0.2, -0.15) is 0 Å². The smallest absolute Gasteiger partial charge is 0.133 e. The van der Waals surface area contributed by atoms with Crippen LogP contribution in [0.15, 0.2) is 12.1 Å². The van der Waals surface area contributed by atoms with E-state index in [1.165, 1.54) is 0 Å². The summed E-state index contributed by atoms with van der Waals surface area (Å²) in [7, 11) is 0. The Morgan fingerprint density at radius 1 is 1.20 bits per heavy atom. The quantitative estimate of drug-likeness (QED) is 0.815. The summed E-state index contributed by atoms with van der Waals surface area (Å²) in [5.74, 6) is -2.36. The molecule has 0 spiro atoms. The first-order chi connectivity index (χ1) is 6.97. The molecule has 0 heterocycles. The molecule has 0 radical (unpaired) electrons. The van der Waals surface area contributed by atoms with Gasteiger partial charge in [-0.25, -0.2) is 8.78 Å². The molecule has 0 aliphatic rings. The van der Waals surface area contributed by atoms with Gasteiger partial charge in [-0.1, -0.05) is 11.6 Å². The molecule has 2 N–H and O–H groups in total. The van der Waals surface area contributed by atoms with Crippen LogP contribution in [0.4, 0.5) is 8.78 Å². The van der Waals surface area contributed by atoms with Crippen molar-refractivity contribution >= 4 is 23.2 Å². The Hall–Kier alpha value is -0.420. The Labute approximate surface area is 95.1 Å². The molecule has 0 aliphatic carbocycles. The summed E-state index contributed by atoms with van der Waals surface area (Å²) in [6, 6.07) is 1.70. The lowest BCUT2D eigenvalue weighted by atomic mass is 10.0.